The molecule has 0 radical (unpaired) electrons. The second kappa shape index (κ2) is 9.84. The Balaban J connectivity index is 1.64. The molecule has 0 aromatic carbocycles. The van der Waals surface area contributed by atoms with E-state index in [-0.39, 0.29) is 10.1 Å². The van der Waals surface area contributed by atoms with E-state index in [9.17, 15) is 8.42 Å². The number of pyridine rings is 1. The lowest BCUT2D eigenvalue weighted by Crippen LogP contribution is -2.32. The number of hydrogen-bond acceptors (Lipinski definition) is 7. The van der Waals surface area contributed by atoms with E-state index >= 15 is 0 Å². The van der Waals surface area contributed by atoms with Crippen LogP contribution < -0.4 is 0 Å². The summed E-state index contributed by atoms with van der Waals surface area (Å²) in [5.41, 5.74) is 0. The van der Waals surface area contributed by atoms with Crippen molar-refractivity contribution in [2.24, 2.45) is 0 Å². The second-order valence-electron chi connectivity index (χ2n) is 7.06. The average molecular weight is 425 g/mol. The van der Waals surface area contributed by atoms with E-state index in [2.05, 4.69) is 22.0 Å². The van der Waals surface area contributed by atoms with Gasteiger partial charge in [0.15, 0.2) is 5.82 Å². The van der Waals surface area contributed by atoms with Crippen LogP contribution in [0.1, 0.15) is 69.3 Å². The highest BCUT2D eigenvalue weighted by Crippen LogP contribution is 2.33. The summed E-state index contributed by atoms with van der Waals surface area (Å²) in [4.78, 5) is 9.05. The van der Waals surface area contributed by atoms with Crippen molar-refractivity contribution in [3.63, 3.8) is 0 Å². The topological polar surface area (TPSA) is 89.2 Å². The Hall–Kier alpha value is -1.45. The van der Waals surface area contributed by atoms with Gasteiger partial charge in [-0.05, 0) is 38.3 Å². The molecule has 9 heteroatoms. The van der Waals surface area contributed by atoms with Gasteiger partial charge in [-0.1, -0.05) is 43.1 Å². The second-order valence-corrected chi connectivity index (χ2v) is 10.4. The molecule has 154 valence electrons. The first-order valence-electron chi connectivity index (χ1n) is 9.96. The van der Waals surface area contributed by atoms with Crippen molar-refractivity contribution in [2.75, 3.05) is 13.1 Å². The van der Waals surface area contributed by atoms with E-state index in [0.29, 0.717) is 19.0 Å². The molecule has 2 aromatic rings. The molecule has 1 fully saturated rings. The highest BCUT2D eigenvalue weighted by atomic mass is 32.2. The number of sulfonamides is 1. The quantitative estimate of drug-likeness (QED) is 0.586. The Labute approximate surface area is 171 Å². The van der Waals surface area contributed by atoms with Gasteiger partial charge in [0.1, 0.15) is 4.90 Å². The van der Waals surface area contributed by atoms with E-state index < -0.39 is 10.0 Å². The zero-order valence-electron chi connectivity index (χ0n) is 16.5. The van der Waals surface area contributed by atoms with Gasteiger partial charge in [0.2, 0.25) is 15.9 Å². The molecule has 0 bridgehead atoms. The summed E-state index contributed by atoms with van der Waals surface area (Å²) >= 11 is 1.48. The Morgan fingerprint density at radius 1 is 1.21 bits per heavy atom. The van der Waals surface area contributed by atoms with Gasteiger partial charge in [0, 0.05) is 25.7 Å². The van der Waals surface area contributed by atoms with Gasteiger partial charge in [-0.15, -0.1) is 0 Å². The van der Waals surface area contributed by atoms with Crippen LogP contribution in [0.2, 0.25) is 0 Å². The summed E-state index contributed by atoms with van der Waals surface area (Å²) < 4.78 is 32.6. The first kappa shape index (κ1) is 21.3. The SMILES string of the molecule is CCCCc1noc(C(C)Sc2ccc(S(=O)(=O)N3CCCCCC3)cn2)n1. The van der Waals surface area contributed by atoms with Crippen LogP contribution in [-0.4, -0.2) is 40.9 Å². The molecule has 3 heterocycles. The Morgan fingerprint density at radius 2 is 1.96 bits per heavy atom. The molecule has 1 atom stereocenters. The summed E-state index contributed by atoms with van der Waals surface area (Å²) in [5, 5.41) is 4.70. The van der Waals surface area contributed by atoms with Gasteiger partial charge in [-0.3, -0.25) is 0 Å². The highest BCUT2D eigenvalue weighted by molar-refractivity contribution is 7.99. The maximum Gasteiger partial charge on any atom is 0.244 e. The van der Waals surface area contributed by atoms with Crippen molar-refractivity contribution in [3.05, 3.63) is 30.0 Å². The molecule has 1 unspecified atom stereocenters. The molecule has 0 saturated carbocycles. The number of hydrogen-bond donors (Lipinski definition) is 0. The normalized spacial score (nSPS) is 17.4. The van der Waals surface area contributed by atoms with Crippen molar-refractivity contribution < 1.29 is 12.9 Å². The third kappa shape index (κ3) is 5.33. The third-order valence-corrected chi connectivity index (χ3v) is 7.72. The smallest absolute Gasteiger partial charge is 0.244 e. The first-order chi connectivity index (χ1) is 13.5. The minimum absolute atomic E-state index is 0.0524. The number of aryl methyl sites for hydroxylation is 1. The van der Waals surface area contributed by atoms with Crippen LogP contribution in [0, 0.1) is 0 Å². The van der Waals surface area contributed by atoms with Crippen molar-refractivity contribution >= 4 is 21.8 Å². The van der Waals surface area contributed by atoms with Crippen LogP contribution in [0.25, 0.3) is 0 Å². The average Bonchev–Trinajstić information content (AvgIpc) is 2.99. The zero-order valence-corrected chi connectivity index (χ0v) is 18.1. The fourth-order valence-corrected chi connectivity index (χ4v) is 5.40. The molecule has 28 heavy (non-hydrogen) atoms. The monoisotopic (exact) mass is 424 g/mol. The lowest BCUT2D eigenvalue weighted by molar-refractivity contribution is 0.374. The van der Waals surface area contributed by atoms with E-state index in [1.54, 1.807) is 16.4 Å². The van der Waals surface area contributed by atoms with Gasteiger partial charge in [0.05, 0.1) is 10.3 Å². The lowest BCUT2D eigenvalue weighted by Gasteiger charge is -2.19. The molecule has 1 saturated heterocycles. The maximum absolute atomic E-state index is 12.8. The third-order valence-electron chi connectivity index (χ3n) is 4.80. The standard InChI is InChI=1S/C19H28N4O3S2/c1-3-4-9-17-21-19(26-22-17)15(2)27-18-11-10-16(14-20-18)28(24,25)23-12-7-5-6-8-13-23/h10-11,14-15H,3-9,12-13H2,1-2H3. The first-order valence-corrected chi connectivity index (χ1v) is 12.3. The fourth-order valence-electron chi connectivity index (χ4n) is 3.12. The summed E-state index contributed by atoms with van der Waals surface area (Å²) in [5.74, 6) is 1.30. The molecule has 0 amide bonds. The molecule has 1 aliphatic heterocycles. The van der Waals surface area contributed by atoms with Gasteiger partial charge < -0.3 is 4.52 Å². The van der Waals surface area contributed by atoms with Crippen LogP contribution in [0.4, 0.5) is 0 Å². The van der Waals surface area contributed by atoms with Gasteiger partial charge >= 0.3 is 0 Å². The van der Waals surface area contributed by atoms with E-state index in [0.717, 1.165) is 55.8 Å². The molecular weight excluding hydrogens is 396 g/mol. The zero-order chi connectivity index (χ0) is 20.0. The van der Waals surface area contributed by atoms with Crippen molar-refractivity contribution in [1.29, 1.82) is 0 Å². The predicted molar refractivity (Wildman–Crippen MR) is 109 cm³/mol. The van der Waals surface area contributed by atoms with Crippen molar-refractivity contribution in [2.45, 2.75) is 74.0 Å². The number of thioether (sulfide) groups is 1. The van der Waals surface area contributed by atoms with Gasteiger partial charge in [-0.2, -0.15) is 9.29 Å². The summed E-state index contributed by atoms with van der Waals surface area (Å²) in [6.45, 7) is 5.29. The number of rotatable bonds is 8. The van der Waals surface area contributed by atoms with Crippen molar-refractivity contribution in [1.82, 2.24) is 19.4 Å². The predicted octanol–water partition coefficient (Wildman–Crippen LogP) is 4.23. The van der Waals surface area contributed by atoms with Crippen LogP contribution in [0.5, 0.6) is 0 Å². The van der Waals surface area contributed by atoms with Gasteiger partial charge in [0.25, 0.3) is 0 Å². The minimum atomic E-state index is -3.47. The fraction of sp³-hybridized carbons (Fsp3) is 0.632. The highest BCUT2D eigenvalue weighted by Gasteiger charge is 2.25. The molecule has 7 nitrogen and oxygen atoms in total. The molecule has 0 N–H and O–H groups in total. The van der Waals surface area contributed by atoms with Crippen LogP contribution >= 0.6 is 11.8 Å². The van der Waals surface area contributed by atoms with E-state index in [1.165, 1.54) is 18.0 Å². The number of aromatic nitrogens is 3. The summed E-state index contributed by atoms with van der Waals surface area (Å²) in [6.07, 6.45) is 8.42. The van der Waals surface area contributed by atoms with Crippen molar-refractivity contribution in [3.8, 4) is 0 Å². The number of unbranched alkanes of at least 4 members (excludes halogenated alkanes) is 1. The summed E-state index contributed by atoms with van der Waals surface area (Å²) in [6, 6.07) is 3.39. The van der Waals surface area contributed by atoms with Crippen LogP contribution in [-0.2, 0) is 16.4 Å². The molecule has 3 rings (SSSR count). The Kier molecular flexibility index (Phi) is 7.48. The molecule has 1 aliphatic rings. The van der Waals surface area contributed by atoms with Crippen LogP contribution in [0.15, 0.2) is 32.8 Å². The number of nitrogens with zero attached hydrogens (tertiary/aromatic N) is 4. The maximum atomic E-state index is 12.8. The molecule has 2 aromatic heterocycles. The Morgan fingerprint density at radius 3 is 2.61 bits per heavy atom. The van der Waals surface area contributed by atoms with Crippen LogP contribution in [0.3, 0.4) is 0 Å². The van der Waals surface area contributed by atoms with E-state index in [1.807, 2.05) is 6.92 Å². The molecule has 0 aliphatic carbocycles. The largest absolute Gasteiger partial charge is 0.338 e. The Bertz CT molecular complexity index is 844. The molecular formula is C19H28N4O3S2. The lowest BCUT2D eigenvalue weighted by atomic mass is 10.2. The minimum Gasteiger partial charge on any atom is -0.338 e. The molecule has 0 spiro atoms. The van der Waals surface area contributed by atoms with E-state index in [4.69, 9.17) is 4.52 Å². The summed E-state index contributed by atoms with van der Waals surface area (Å²) in [7, 11) is -3.47. The van der Waals surface area contributed by atoms with Gasteiger partial charge in [-0.25, -0.2) is 13.4 Å².